The van der Waals surface area contributed by atoms with E-state index in [1.54, 1.807) is 29.2 Å². The molecule has 2 N–H and O–H groups in total. The predicted octanol–water partition coefficient (Wildman–Crippen LogP) is 5.23. The van der Waals surface area contributed by atoms with Crippen molar-refractivity contribution in [2.45, 2.75) is 19.7 Å². The largest absolute Gasteiger partial charge is 0.324 e. The molecule has 0 aliphatic heterocycles. The molecule has 162 valence electrons. The molecule has 2 heterocycles. The number of carbonyl (C=O) groups is 1. The predicted molar refractivity (Wildman–Crippen MR) is 127 cm³/mol. The summed E-state index contributed by atoms with van der Waals surface area (Å²) in [4.78, 5) is 21.7. The summed E-state index contributed by atoms with van der Waals surface area (Å²) in [6, 6.07) is 13.0. The number of alkyl halides is 1. The fraction of sp³-hybridized carbons (Fsp3) is 0.167. The summed E-state index contributed by atoms with van der Waals surface area (Å²) in [5.74, 6) is 0.685. The van der Waals surface area contributed by atoms with Crippen LogP contribution in [0.3, 0.4) is 0 Å². The zero-order valence-electron chi connectivity index (χ0n) is 18.1. The summed E-state index contributed by atoms with van der Waals surface area (Å²) in [6.45, 7) is 3.91. The number of aromatic nitrogens is 4. The van der Waals surface area contributed by atoms with Crippen molar-refractivity contribution in [3.63, 3.8) is 0 Å². The first kappa shape index (κ1) is 21.5. The molecule has 4 rings (SSSR count). The van der Waals surface area contributed by atoms with E-state index in [2.05, 4.69) is 25.7 Å². The number of hydrogen-bond donors (Lipinski definition) is 2. The minimum absolute atomic E-state index is 0.183. The Kier molecular flexibility index (Phi) is 6.18. The molecule has 0 saturated carbocycles. The summed E-state index contributed by atoms with van der Waals surface area (Å²) in [6.07, 6.45) is 5.46. The van der Waals surface area contributed by atoms with E-state index < -0.39 is 0 Å². The highest BCUT2D eigenvalue weighted by atomic mass is 35.5. The van der Waals surface area contributed by atoms with Crippen LogP contribution in [0.4, 0.5) is 17.3 Å². The molecule has 4 aromatic rings. The van der Waals surface area contributed by atoms with E-state index in [1.807, 2.05) is 57.4 Å². The van der Waals surface area contributed by atoms with Gasteiger partial charge in [0.2, 0.25) is 5.95 Å². The molecule has 2 aromatic heterocycles. The monoisotopic (exact) mass is 446 g/mol. The Balaban J connectivity index is 1.48. The molecule has 1 amide bonds. The average molecular weight is 447 g/mol. The lowest BCUT2D eigenvalue weighted by Crippen LogP contribution is -2.13. The van der Waals surface area contributed by atoms with Gasteiger partial charge >= 0.3 is 0 Å². The third-order valence-corrected chi connectivity index (χ3v) is 5.37. The Morgan fingerprint density at radius 3 is 2.53 bits per heavy atom. The summed E-state index contributed by atoms with van der Waals surface area (Å²) in [5, 5.41) is 10.4. The van der Waals surface area contributed by atoms with E-state index in [1.165, 1.54) is 0 Å². The number of hydrogen-bond acceptors (Lipinski definition) is 5. The second-order valence-corrected chi connectivity index (χ2v) is 7.83. The van der Waals surface area contributed by atoms with Crippen LogP contribution in [0.25, 0.3) is 11.3 Å². The van der Waals surface area contributed by atoms with Crippen molar-refractivity contribution in [1.29, 1.82) is 0 Å². The Morgan fingerprint density at radius 2 is 1.84 bits per heavy atom. The minimum Gasteiger partial charge on any atom is -0.324 e. The zero-order chi connectivity index (χ0) is 22.7. The number of rotatable bonds is 6. The van der Waals surface area contributed by atoms with Crippen molar-refractivity contribution >= 4 is 34.8 Å². The summed E-state index contributed by atoms with van der Waals surface area (Å²) < 4.78 is 1.74. The van der Waals surface area contributed by atoms with E-state index in [-0.39, 0.29) is 5.91 Å². The quantitative estimate of drug-likeness (QED) is 0.396. The van der Waals surface area contributed by atoms with Crippen LogP contribution in [-0.2, 0) is 12.9 Å². The molecule has 0 spiro atoms. The molecule has 0 fully saturated rings. The molecule has 0 aliphatic rings. The first-order valence-electron chi connectivity index (χ1n) is 10.1. The minimum atomic E-state index is -0.183. The molecule has 0 atom stereocenters. The Bertz CT molecular complexity index is 1270. The standard InChI is InChI=1S/C24H23ClN6O/c1-15-4-5-17(11-25)10-21(15)29-23(32)18-6-8-20(9-7-18)28-24-26-12-16(2)22(30-24)19-13-27-31(3)14-19/h4-10,12-14H,11H2,1-3H3,(H,29,32)(H,26,28,30). The molecule has 0 bridgehead atoms. The van der Waals surface area contributed by atoms with Crippen LogP contribution in [-0.4, -0.2) is 25.7 Å². The molecule has 2 aromatic carbocycles. The van der Waals surface area contributed by atoms with Gasteiger partial charge in [-0.25, -0.2) is 9.97 Å². The second-order valence-electron chi connectivity index (χ2n) is 7.57. The maximum atomic E-state index is 12.7. The normalized spacial score (nSPS) is 10.8. The highest BCUT2D eigenvalue weighted by Gasteiger charge is 2.11. The first-order chi connectivity index (χ1) is 15.4. The van der Waals surface area contributed by atoms with Crippen molar-refractivity contribution in [3.05, 3.63) is 83.3 Å². The zero-order valence-corrected chi connectivity index (χ0v) is 18.8. The molecule has 0 saturated heterocycles. The van der Waals surface area contributed by atoms with Gasteiger partial charge < -0.3 is 10.6 Å². The molecule has 0 aliphatic carbocycles. The summed E-state index contributed by atoms with van der Waals surface area (Å²) in [5.41, 5.74) is 6.73. The highest BCUT2D eigenvalue weighted by Crippen LogP contribution is 2.23. The fourth-order valence-corrected chi connectivity index (χ4v) is 3.42. The van der Waals surface area contributed by atoms with Gasteiger partial charge in [0.1, 0.15) is 0 Å². The van der Waals surface area contributed by atoms with Gasteiger partial charge in [-0.3, -0.25) is 9.48 Å². The molecule has 0 radical (unpaired) electrons. The number of amides is 1. The Morgan fingerprint density at radius 1 is 1.06 bits per heavy atom. The van der Waals surface area contributed by atoms with E-state index in [0.29, 0.717) is 17.4 Å². The molecule has 0 unspecified atom stereocenters. The van der Waals surface area contributed by atoms with Gasteiger partial charge in [0.15, 0.2) is 0 Å². The maximum Gasteiger partial charge on any atom is 0.255 e. The topological polar surface area (TPSA) is 84.7 Å². The van der Waals surface area contributed by atoms with E-state index in [0.717, 1.165) is 39.3 Å². The number of nitrogens with zero attached hydrogens (tertiary/aromatic N) is 4. The van der Waals surface area contributed by atoms with Gasteiger partial charge in [-0.2, -0.15) is 5.10 Å². The Labute approximate surface area is 191 Å². The average Bonchev–Trinajstić information content (AvgIpc) is 3.23. The van der Waals surface area contributed by atoms with Crippen LogP contribution in [0.2, 0.25) is 0 Å². The molecular formula is C24H23ClN6O. The van der Waals surface area contributed by atoms with Crippen LogP contribution in [0, 0.1) is 13.8 Å². The third kappa shape index (κ3) is 4.78. The van der Waals surface area contributed by atoms with Crippen molar-refractivity contribution in [3.8, 4) is 11.3 Å². The van der Waals surface area contributed by atoms with Gasteiger partial charge in [-0.15, -0.1) is 11.6 Å². The van der Waals surface area contributed by atoms with Crippen LogP contribution >= 0.6 is 11.6 Å². The third-order valence-electron chi connectivity index (χ3n) is 5.06. The van der Waals surface area contributed by atoms with Crippen LogP contribution in [0.15, 0.2) is 61.1 Å². The van der Waals surface area contributed by atoms with Crippen molar-refractivity contribution in [1.82, 2.24) is 19.7 Å². The summed E-state index contributed by atoms with van der Waals surface area (Å²) >= 11 is 5.91. The molecule has 7 nitrogen and oxygen atoms in total. The van der Waals surface area contributed by atoms with Gasteiger partial charge in [-0.1, -0.05) is 12.1 Å². The van der Waals surface area contributed by atoms with Crippen molar-refractivity contribution in [2.24, 2.45) is 7.05 Å². The number of nitrogens with one attached hydrogen (secondary N) is 2. The fourth-order valence-electron chi connectivity index (χ4n) is 3.25. The number of anilines is 3. The smallest absolute Gasteiger partial charge is 0.255 e. The second kappa shape index (κ2) is 9.20. The first-order valence-corrected chi connectivity index (χ1v) is 10.6. The van der Waals surface area contributed by atoms with E-state index in [9.17, 15) is 4.79 Å². The highest BCUT2D eigenvalue weighted by molar-refractivity contribution is 6.17. The van der Waals surface area contributed by atoms with E-state index in [4.69, 9.17) is 11.6 Å². The van der Waals surface area contributed by atoms with Gasteiger partial charge in [0.05, 0.1) is 11.9 Å². The van der Waals surface area contributed by atoms with Crippen LogP contribution in [0.1, 0.15) is 27.0 Å². The van der Waals surface area contributed by atoms with Crippen LogP contribution in [0.5, 0.6) is 0 Å². The molecular weight excluding hydrogens is 424 g/mol. The lowest BCUT2D eigenvalue weighted by molar-refractivity contribution is 0.102. The number of aryl methyl sites for hydroxylation is 3. The molecule has 8 heteroatoms. The molecule has 32 heavy (non-hydrogen) atoms. The van der Waals surface area contributed by atoms with Gasteiger partial charge in [0.25, 0.3) is 5.91 Å². The lowest BCUT2D eigenvalue weighted by atomic mass is 10.1. The Hall–Kier alpha value is -3.71. The van der Waals surface area contributed by atoms with Crippen molar-refractivity contribution < 1.29 is 4.79 Å². The number of halogens is 1. The number of benzene rings is 2. The summed E-state index contributed by atoms with van der Waals surface area (Å²) in [7, 11) is 1.87. The van der Waals surface area contributed by atoms with E-state index >= 15 is 0 Å². The lowest BCUT2D eigenvalue weighted by Gasteiger charge is -2.11. The SMILES string of the molecule is Cc1ccc(CCl)cc1NC(=O)c1ccc(Nc2ncc(C)c(-c3cnn(C)c3)n2)cc1. The van der Waals surface area contributed by atoms with Crippen molar-refractivity contribution in [2.75, 3.05) is 10.6 Å². The maximum absolute atomic E-state index is 12.7. The number of carbonyl (C=O) groups excluding carboxylic acids is 1. The van der Waals surface area contributed by atoms with Crippen LogP contribution < -0.4 is 10.6 Å². The van der Waals surface area contributed by atoms with Gasteiger partial charge in [0, 0.05) is 47.8 Å². The van der Waals surface area contributed by atoms with Gasteiger partial charge in [-0.05, 0) is 60.9 Å².